The summed E-state index contributed by atoms with van der Waals surface area (Å²) in [6, 6.07) is 13.0. The number of nitrogens with zero attached hydrogens (tertiary/aromatic N) is 6. The zero-order valence-electron chi connectivity index (χ0n) is 45.4. The van der Waals surface area contributed by atoms with Gasteiger partial charge in [0.2, 0.25) is 23.6 Å². The molecule has 0 saturated carbocycles. The second-order valence-corrected chi connectivity index (χ2v) is 22.5. The minimum atomic E-state index is -0.972. The standard InChI is InChI=1S/C55H72ClN9O11S2/c1-34-36(3)78-54-47(34)48(39-12-14-41(56)15-13-39)60-43(51-63-62-37(4)65(51)54)29-45(67)57-16-17-71-18-19-72-20-21-73-22-23-74-24-25-75-26-27-76-32-46(68)61-50(55(5,6)7)53(70)64-31-42(66)28-44(64)52(69)58-30-38-8-10-40(11-9-38)49-35(2)59-33-77-49/h8-15,33,42-44,50,66H,16-32H2,1-7H3,(H,57,67)(H,58,69)(H,61,68)/t42-,43+,44+,50-/m1/s1. The summed E-state index contributed by atoms with van der Waals surface area (Å²) in [4.78, 5) is 66.7. The zero-order chi connectivity index (χ0) is 55.8. The smallest absolute Gasteiger partial charge is 0.246 e. The van der Waals surface area contributed by atoms with E-state index in [2.05, 4.69) is 45.0 Å². The van der Waals surface area contributed by atoms with Crippen LogP contribution in [0.2, 0.25) is 5.02 Å². The van der Waals surface area contributed by atoms with Crippen LogP contribution < -0.4 is 16.0 Å². The van der Waals surface area contributed by atoms with E-state index in [-0.39, 0.29) is 57.6 Å². The monoisotopic (exact) mass is 1130 g/mol. The Morgan fingerprint density at radius 1 is 0.782 bits per heavy atom. The second-order valence-electron chi connectivity index (χ2n) is 20.0. The Morgan fingerprint density at radius 2 is 1.38 bits per heavy atom. The van der Waals surface area contributed by atoms with Gasteiger partial charge in [0.15, 0.2) is 5.82 Å². The van der Waals surface area contributed by atoms with E-state index in [1.54, 1.807) is 22.7 Å². The van der Waals surface area contributed by atoms with Crippen LogP contribution >= 0.6 is 34.3 Å². The quantitative estimate of drug-likeness (QED) is 0.0424. The first-order chi connectivity index (χ1) is 37.5. The Morgan fingerprint density at radius 3 is 1.99 bits per heavy atom. The predicted octanol–water partition coefficient (Wildman–Crippen LogP) is 5.65. The number of halogens is 1. The van der Waals surface area contributed by atoms with Crippen molar-refractivity contribution in [3.63, 3.8) is 0 Å². The van der Waals surface area contributed by atoms with Crippen molar-refractivity contribution in [2.75, 3.05) is 92.4 Å². The summed E-state index contributed by atoms with van der Waals surface area (Å²) < 4.78 is 35.5. The number of hydrogen-bond acceptors (Lipinski definition) is 17. The zero-order valence-corrected chi connectivity index (χ0v) is 47.8. The van der Waals surface area contributed by atoms with Crippen molar-refractivity contribution in [1.82, 2.24) is 40.6 Å². The highest BCUT2D eigenvalue weighted by Crippen LogP contribution is 2.40. The first-order valence-electron chi connectivity index (χ1n) is 26.1. The molecule has 20 nitrogen and oxygen atoms in total. The Kier molecular flexibility index (Phi) is 22.4. The molecule has 0 spiro atoms. The molecule has 78 heavy (non-hydrogen) atoms. The number of carbonyl (C=O) groups is 4. The maximum Gasteiger partial charge on any atom is 0.246 e. The van der Waals surface area contributed by atoms with E-state index in [1.807, 2.05) is 93.2 Å². The number of hydrogen-bond donors (Lipinski definition) is 4. The van der Waals surface area contributed by atoms with Gasteiger partial charge in [0, 0.05) is 47.1 Å². The Bertz CT molecular complexity index is 2810. The van der Waals surface area contributed by atoms with Gasteiger partial charge >= 0.3 is 0 Å². The highest BCUT2D eigenvalue weighted by molar-refractivity contribution is 7.15. The van der Waals surface area contributed by atoms with Crippen LogP contribution in [0.25, 0.3) is 15.4 Å². The molecule has 2 aliphatic rings. The number of aliphatic hydroxyl groups is 1. The number of rotatable bonds is 29. The number of benzene rings is 2. The van der Waals surface area contributed by atoms with Crippen molar-refractivity contribution >= 4 is 63.6 Å². The van der Waals surface area contributed by atoms with Crippen molar-refractivity contribution in [2.24, 2.45) is 10.4 Å². The molecule has 5 aromatic rings. The summed E-state index contributed by atoms with van der Waals surface area (Å²) in [5, 5.41) is 29.7. The number of aromatic nitrogens is 4. The fourth-order valence-corrected chi connectivity index (χ4v) is 11.0. The van der Waals surface area contributed by atoms with Gasteiger partial charge in [-0.25, -0.2) is 4.98 Å². The Labute approximate surface area is 468 Å². The topological polar surface area (TPSA) is 239 Å². The molecule has 0 unspecified atom stereocenters. The number of likely N-dealkylation sites (tertiary alicyclic amines) is 1. The van der Waals surface area contributed by atoms with E-state index in [0.717, 1.165) is 54.9 Å². The first-order valence-corrected chi connectivity index (χ1v) is 28.2. The number of thiazole rings is 1. The Hall–Kier alpha value is -5.53. The molecule has 4 amide bonds. The summed E-state index contributed by atoms with van der Waals surface area (Å²) in [6.45, 7) is 17.4. The molecule has 3 aromatic heterocycles. The summed E-state index contributed by atoms with van der Waals surface area (Å²) in [5.74, 6) is -0.148. The molecule has 4 N–H and O–H groups in total. The van der Waals surface area contributed by atoms with Gasteiger partial charge in [-0.15, -0.1) is 32.9 Å². The number of ether oxygens (including phenoxy) is 6. The fourth-order valence-electron chi connectivity index (χ4n) is 8.89. The first kappa shape index (κ1) is 60.1. The maximum atomic E-state index is 13.9. The minimum absolute atomic E-state index is 0.0226. The molecule has 0 bridgehead atoms. The molecule has 5 heterocycles. The molecule has 0 aliphatic carbocycles. The lowest BCUT2D eigenvalue weighted by atomic mass is 9.85. The van der Waals surface area contributed by atoms with Crippen molar-refractivity contribution in [3.05, 3.63) is 104 Å². The SMILES string of the molecule is Cc1ncsc1-c1ccc(CNC(=O)[C@@H]2C[C@@H](O)CN2C(=O)[C@@H](NC(=O)COCCOCCOCCOCCOCCOCCNC(=O)C[C@@H]2N=C(c3ccc(Cl)cc3)c3c(sc(C)c3C)-n3c(C)nnc32)C(C)(C)C)cc1. The number of aryl methyl sites for hydroxylation is 3. The van der Waals surface area contributed by atoms with E-state index in [9.17, 15) is 24.3 Å². The summed E-state index contributed by atoms with van der Waals surface area (Å²) in [7, 11) is 0. The number of β-amino-alcohol motifs (C(OH)–C–C–N with tert-alkyl or cyclic N) is 1. The van der Waals surface area contributed by atoms with Crippen molar-refractivity contribution in [1.29, 1.82) is 0 Å². The van der Waals surface area contributed by atoms with E-state index >= 15 is 0 Å². The maximum absolute atomic E-state index is 13.9. The number of thiophene rings is 1. The predicted molar refractivity (Wildman–Crippen MR) is 297 cm³/mol. The van der Waals surface area contributed by atoms with Gasteiger partial charge in [0.05, 0.1) is 107 Å². The van der Waals surface area contributed by atoms with Gasteiger partial charge in [-0.1, -0.05) is 68.8 Å². The third-order valence-electron chi connectivity index (χ3n) is 13.1. The number of aliphatic hydroxyl groups excluding tert-OH is 1. The van der Waals surface area contributed by atoms with Crippen LogP contribution in [0.3, 0.4) is 0 Å². The molecule has 2 aromatic carbocycles. The molecular weight excluding hydrogens is 1060 g/mol. The summed E-state index contributed by atoms with van der Waals surface area (Å²) in [5.41, 5.74) is 7.83. The van der Waals surface area contributed by atoms with Crippen LogP contribution in [-0.2, 0) is 54.1 Å². The molecule has 23 heteroatoms. The van der Waals surface area contributed by atoms with Gasteiger partial charge in [-0.05, 0) is 61.9 Å². The minimum Gasteiger partial charge on any atom is -0.391 e. The van der Waals surface area contributed by atoms with Gasteiger partial charge in [-0.2, -0.15) is 0 Å². The lowest BCUT2D eigenvalue weighted by Crippen LogP contribution is -2.58. The third kappa shape index (κ3) is 16.5. The van der Waals surface area contributed by atoms with E-state index < -0.39 is 41.5 Å². The third-order valence-corrected chi connectivity index (χ3v) is 15.5. The van der Waals surface area contributed by atoms with Crippen molar-refractivity contribution in [3.8, 4) is 15.4 Å². The van der Waals surface area contributed by atoms with Crippen LogP contribution in [0.15, 0.2) is 59.0 Å². The van der Waals surface area contributed by atoms with Gasteiger partial charge in [0.1, 0.15) is 35.6 Å². The average molecular weight is 1130 g/mol. The average Bonchev–Trinajstić information content (AvgIpc) is 4.34. The number of nitrogens with one attached hydrogen (secondary N) is 3. The lowest BCUT2D eigenvalue weighted by Gasteiger charge is -2.35. The fraction of sp³-hybridized carbons (Fsp3) is 0.527. The molecular formula is C55H72ClN9O11S2. The van der Waals surface area contributed by atoms with Crippen LogP contribution in [0.1, 0.15) is 84.1 Å². The number of aliphatic imine (C=N–C) groups is 1. The van der Waals surface area contributed by atoms with Crippen LogP contribution in [-0.4, -0.2) is 170 Å². The Balaban J connectivity index is 0.686. The summed E-state index contributed by atoms with van der Waals surface area (Å²) in [6.07, 6.45) is -0.700. The largest absolute Gasteiger partial charge is 0.391 e. The van der Waals surface area contributed by atoms with Crippen LogP contribution in [0, 0.1) is 33.1 Å². The van der Waals surface area contributed by atoms with E-state index in [4.69, 9.17) is 45.0 Å². The number of carbonyl (C=O) groups excluding carboxylic acids is 4. The number of amides is 4. The second kappa shape index (κ2) is 29.1. The van der Waals surface area contributed by atoms with E-state index in [0.29, 0.717) is 76.9 Å². The molecule has 1 fully saturated rings. The van der Waals surface area contributed by atoms with Crippen molar-refractivity contribution in [2.45, 2.75) is 92.1 Å². The molecule has 2 aliphatic heterocycles. The van der Waals surface area contributed by atoms with Gasteiger partial charge in [0.25, 0.3) is 0 Å². The normalized spacial score (nSPS) is 16.6. The highest BCUT2D eigenvalue weighted by Gasteiger charge is 2.44. The molecule has 1 saturated heterocycles. The highest BCUT2D eigenvalue weighted by atomic mass is 35.5. The number of fused-ring (bicyclic) bond motifs is 3. The molecule has 0 radical (unpaired) electrons. The molecule has 4 atom stereocenters. The van der Waals surface area contributed by atoms with Crippen LogP contribution in [0.5, 0.6) is 0 Å². The molecule has 7 rings (SSSR count). The van der Waals surface area contributed by atoms with Crippen LogP contribution in [0.4, 0.5) is 0 Å². The summed E-state index contributed by atoms with van der Waals surface area (Å²) >= 11 is 9.46. The van der Waals surface area contributed by atoms with Gasteiger partial charge < -0.3 is 54.4 Å². The van der Waals surface area contributed by atoms with Crippen molar-refractivity contribution < 1.29 is 52.7 Å². The molecule has 422 valence electrons. The van der Waals surface area contributed by atoms with Gasteiger partial charge in [-0.3, -0.25) is 28.7 Å². The van der Waals surface area contributed by atoms with E-state index in [1.165, 1.54) is 9.78 Å². The lowest BCUT2D eigenvalue weighted by molar-refractivity contribution is -0.144.